The van der Waals surface area contributed by atoms with E-state index in [1.165, 1.54) is 28.0 Å². The number of aliphatic carboxylic acids is 1. The second kappa shape index (κ2) is 4.30. The Hall–Kier alpha value is -1.39. The minimum atomic E-state index is -1.29. The third-order valence-electron chi connectivity index (χ3n) is 3.23. The predicted octanol–water partition coefficient (Wildman–Crippen LogP) is -0.177. The molecule has 1 fully saturated rings. The normalized spacial score (nSPS) is 29.8. The molecule has 3 atom stereocenters. The monoisotopic (exact) mass is 360 g/mol. The van der Waals surface area contributed by atoms with Gasteiger partial charge in [0.2, 0.25) is 0 Å². The first kappa shape index (κ1) is 13.6. The van der Waals surface area contributed by atoms with Crippen molar-refractivity contribution in [3.63, 3.8) is 0 Å². The predicted molar refractivity (Wildman–Crippen MR) is 71.6 cm³/mol. The number of carbonyl (C=O) groups excluding carboxylic acids is 1. The zero-order chi connectivity index (χ0) is 14.7. The Kier molecular flexibility index (Phi) is 2.92. The number of nitrogens with zero attached hydrogens (tertiary/aromatic N) is 4. The number of amides is 1. The summed E-state index contributed by atoms with van der Waals surface area (Å²) in [5.41, 5.74) is 0.174. The fraction of sp³-hybridized carbons (Fsp3) is 0.400. The number of halogens is 1. The molecular formula is C10H9BrN4O4S. The summed E-state index contributed by atoms with van der Waals surface area (Å²) in [5.74, 6) is -1.67. The summed E-state index contributed by atoms with van der Waals surface area (Å²) in [7, 11) is 1.65. The Morgan fingerprint density at radius 3 is 2.90 bits per heavy atom. The van der Waals surface area contributed by atoms with Gasteiger partial charge in [0.1, 0.15) is 22.9 Å². The molecule has 3 rings (SSSR count). The third kappa shape index (κ3) is 1.58. The fourth-order valence-corrected chi connectivity index (χ4v) is 4.40. The Labute approximate surface area is 125 Å². The van der Waals surface area contributed by atoms with Crippen molar-refractivity contribution in [1.29, 1.82) is 0 Å². The van der Waals surface area contributed by atoms with Crippen LogP contribution in [0.1, 0.15) is 11.8 Å². The lowest BCUT2D eigenvalue weighted by molar-refractivity contribution is -0.153. The van der Waals surface area contributed by atoms with Gasteiger partial charge in [-0.2, -0.15) is 0 Å². The van der Waals surface area contributed by atoms with E-state index in [0.29, 0.717) is 0 Å². The topological polar surface area (TPSA) is 109 Å². The molecule has 8 nitrogen and oxygen atoms in total. The number of hydrogen-bond acceptors (Lipinski definition) is 6. The van der Waals surface area contributed by atoms with Gasteiger partial charge in [-0.1, -0.05) is 21.1 Å². The zero-order valence-electron chi connectivity index (χ0n) is 10.1. The van der Waals surface area contributed by atoms with Gasteiger partial charge < -0.3 is 10.2 Å². The minimum absolute atomic E-state index is 0.0774. The molecule has 106 valence electrons. The van der Waals surface area contributed by atoms with Crippen molar-refractivity contribution in [1.82, 2.24) is 19.9 Å². The van der Waals surface area contributed by atoms with Crippen LogP contribution in [-0.2, 0) is 16.6 Å². The van der Waals surface area contributed by atoms with Crippen LogP contribution < -0.4 is 0 Å². The highest BCUT2D eigenvalue weighted by atomic mass is 79.9. The number of aromatic nitrogens is 3. The van der Waals surface area contributed by atoms with E-state index < -0.39 is 27.7 Å². The highest BCUT2D eigenvalue weighted by Gasteiger charge is 2.67. The van der Waals surface area contributed by atoms with Gasteiger partial charge in [0, 0.05) is 12.5 Å². The van der Waals surface area contributed by atoms with E-state index in [0.717, 1.165) is 4.90 Å². The van der Waals surface area contributed by atoms with Crippen LogP contribution in [0, 0.1) is 0 Å². The van der Waals surface area contributed by atoms with E-state index in [-0.39, 0.29) is 11.4 Å². The highest BCUT2D eigenvalue weighted by Crippen LogP contribution is 2.56. The molecule has 0 radical (unpaired) electrons. The Bertz CT molecular complexity index is 647. The van der Waals surface area contributed by atoms with Crippen molar-refractivity contribution in [2.45, 2.75) is 15.8 Å². The molecule has 1 saturated heterocycles. The number of carbonyl (C=O) groups is 2. The molecule has 3 heterocycles. The maximum atomic E-state index is 12.2. The van der Waals surface area contributed by atoms with Crippen molar-refractivity contribution in [3.05, 3.63) is 23.0 Å². The number of aliphatic hydroxyl groups is 1. The van der Waals surface area contributed by atoms with Crippen LogP contribution in [-0.4, -0.2) is 51.7 Å². The van der Waals surface area contributed by atoms with Crippen molar-refractivity contribution >= 4 is 39.6 Å². The van der Waals surface area contributed by atoms with Gasteiger partial charge in [-0.25, -0.2) is 4.79 Å². The summed E-state index contributed by atoms with van der Waals surface area (Å²) in [4.78, 5) is 24.4. The van der Waals surface area contributed by atoms with Crippen LogP contribution in [0.4, 0.5) is 0 Å². The van der Waals surface area contributed by atoms with Crippen molar-refractivity contribution in [2.75, 3.05) is 0 Å². The van der Waals surface area contributed by atoms with E-state index in [4.69, 9.17) is 5.11 Å². The molecule has 1 aromatic heterocycles. The standard InChI is InChI=1S/C10H9BrN4O4S/c1-14-2-4(12-13-14)6(16)10(11)8(19)15-5(7(17)18)3-20-9(10)15/h2-3,6,9,16H,1H3,(H,17,18)/t6?,9-,10?/m0/s1. The van der Waals surface area contributed by atoms with Crippen LogP contribution in [0.2, 0.25) is 0 Å². The number of aryl methyl sites for hydroxylation is 1. The van der Waals surface area contributed by atoms with Gasteiger partial charge in [0.15, 0.2) is 4.32 Å². The summed E-state index contributed by atoms with van der Waals surface area (Å²) in [6.45, 7) is 0. The molecule has 10 heteroatoms. The van der Waals surface area contributed by atoms with Gasteiger partial charge in [-0.3, -0.25) is 14.4 Å². The number of fused-ring (bicyclic) bond motifs is 1. The van der Waals surface area contributed by atoms with E-state index >= 15 is 0 Å². The van der Waals surface area contributed by atoms with E-state index in [9.17, 15) is 14.7 Å². The second-order valence-electron chi connectivity index (χ2n) is 4.46. The van der Waals surface area contributed by atoms with E-state index in [1.807, 2.05) is 0 Å². The summed E-state index contributed by atoms with van der Waals surface area (Å²) in [6, 6.07) is 0. The van der Waals surface area contributed by atoms with Crippen LogP contribution in [0.3, 0.4) is 0 Å². The van der Waals surface area contributed by atoms with E-state index in [2.05, 4.69) is 26.2 Å². The molecule has 0 aliphatic carbocycles. The average Bonchev–Trinajstić information content (AvgIpc) is 3.01. The number of rotatable bonds is 3. The molecule has 20 heavy (non-hydrogen) atoms. The van der Waals surface area contributed by atoms with Crippen molar-refractivity contribution in [3.8, 4) is 0 Å². The Morgan fingerprint density at radius 2 is 2.35 bits per heavy atom. The maximum Gasteiger partial charge on any atom is 0.353 e. The molecule has 2 N–H and O–H groups in total. The second-order valence-corrected chi connectivity index (χ2v) is 6.73. The number of β-lactam (4-membered cyclic amide) rings is 1. The smallest absolute Gasteiger partial charge is 0.353 e. The average molecular weight is 361 g/mol. The Morgan fingerprint density at radius 1 is 1.65 bits per heavy atom. The molecule has 0 aromatic carbocycles. The van der Waals surface area contributed by atoms with Crippen LogP contribution in [0.15, 0.2) is 17.3 Å². The SMILES string of the molecule is Cn1cc(C(O)C2(Br)C(=O)N3C(C(=O)O)=CS[C@H]32)nn1. The third-order valence-corrected chi connectivity index (χ3v) is 5.94. The van der Waals surface area contributed by atoms with Crippen molar-refractivity contribution < 1.29 is 19.8 Å². The molecule has 0 saturated carbocycles. The first-order valence-corrected chi connectivity index (χ1v) is 7.26. The lowest BCUT2D eigenvalue weighted by atomic mass is 9.89. The first-order chi connectivity index (χ1) is 9.37. The van der Waals surface area contributed by atoms with Crippen LogP contribution in [0.25, 0.3) is 0 Å². The van der Waals surface area contributed by atoms with E-state index in [1.54, 1.807) is 7.05 Å². The summed E-state index contributed by atoms with van der Waals surface area (Å²) in [5, 5.41) is 27.7. The van der Waals surface area contributed by atoms with Crippen LogP contribution in [0.5, 0.6) is 0 Å². The van der Waals surface area contributed by atoms with Gasteiger partial charge in [0.05, 0.1) is 6.20 Å². The van der Waals surface area contributed by atoms with Crippen LogP contribution >= 0.6 is 27.7 Å². The number of thioether (sulfide) groups is 1. The molecule has 2 aliphatic rings. The number of carboxylic acids is 1. The van der Waals surface area contributed by atoms with Gasteiger partial charge in [-0.05, 0) is 0 Å². The van der Waals surface area contributed by atoms with Gasteiger partial charge >= 0.3 is 5.97 Å². The largest absolute Gasteiger partial charge is 0.477 e. The number of carboxylic acid groups (broad SMARTS) is 1. The quantitative estimate of drug-likeness (QED) is 0.568. The number of hydrogen-bond donors (Lipinski definition) is 2. The Balaban J connectivity index is 1.89. The molecule has 0 bridgehead atoms. The molecular weight excluding hydrogens is 352 g/mol. The molecule has 2 aliphatic heterocycles. The number of alkyl halides is 1. The molecule has 1 aromatic rings. The molecule has 2 unspecified atom stereocenters. The highest BCUT2D eigenvalue weighted by molar-refractivity contribution is 9.10. The van der Waals surface area contributed by atoms with Gasteiger partial charge in [-0.15, -0.1) is 16.9 Å². The minimum Gasteiger partial charge on any atom is -0.477 e. The summed E-state index contributed by atoms with van der Waals surface area (Å²) in [6.07, 6.45) is 0.299. The number of aliphatic hydroxyl groups excluding tert-OH is 1. The maximum absolute atomic E-state index is 12.2. The fourth-order valence-electron chi connectivity index (χ4n) is 2.21. The van der Waals surface area contributed by atoms with Gasteiger partial charge in [0.25, 0.3) is 5.91 Å². The lowest BCUT2D eigenvalue weighted by Gasteiger charge is -2.50. The summed E-state index contributed by atoms with van der Waals surface area (Å²) >= 11 is 4.43. The van der Waals surface area contributed by atoms with Crippen molar-refractivity contribution in [2.24, 2.45) is 7.05 Å². The zero-order valence-corrected chi connectivity index (χ0v) is 12.5. The first-order valence-electron chi connectivity index (χ1n) is 5.53. The lowest BCUT2D eigenvalue weighted by Crippen LogP contribution is -2.69. The molecule has 1 amide bonds. The molecule has 0 spiro atoms. The summed E-state index contributed by atoms with van der Waals surface area (Å²) < 4.78 is 0.125.